The lowest BCUT2D eigenvalue weighted by atomic mass is 9.89. The molecule has 0 aromatic heterocycles. The Kier molecular flexibility index (Phi) is 4.98. The molecule has 0 unspecified atom stereocenters. The maximum atomic E-state index is 11.5. The van der Waals surface area contributed by atoms with Crippen molar-refractivity contribution >= 4 is 9.84 Å². The minimum atomic E-state index is -2.82. The molecule has 1 aliphatic rings. The first-order chi connectivity index (χ1) is 7.85. The number of nitrogens with zero attached hydrogens (tertiary/aromatic N) is 1. The van der Waals surface area contributed by atoms with Gasteiger partial charge in [0.15, 0.2) is 0 Å². The van der Waals surface area contributed by atoms with Crippen LogP contribution in [0.15, 0.2) is 0 Å². The van der Waals surface area contributed by atoms with Crippen LogP contribution in [0.4, 0.5) is 0 Å². The van der Waals surface area contributed by atoms with Crippen LogP contribution in [0.1, 0.15) is 33.6 Å². The van der Waals surface area contributed by atoms with Crippen LogP contribution in [0.25, 0.3) is 0 Å². The van der Waals surface area contributed by atoms with Crippen molar-refractivity contribution in [2.45, 2.75) is 39.2 Å². The molecule has 0 saturated carbocycles. The molecule has 1 fully saturated rings. The molecule has 17 heavy (non-hydrogen) atoms. The van der Waals surface area contributed by atoms with Crippen molar-refractivity contribution in [3.63, 3.8) is 0 Å². The van der Waals surface area contributed by atoms with Crippen LogP contribution in [0.2, 0.25) is 0 Å². The zero-order valence-electron chi connectivity index (χ0n) is 11.3. The normalized spacial score (nSPS) is 23.2. The first-order valence-corrected chi connectivity index (χ1v) is 8.33. The summed E-state index contributed by atoms with van der Waals surface area (Å²) in [5, 5.41) is 0. The molecule has 5 heteroatoms. The average molecular weight is 262 g/mol. The summed E-state index contributed by atoms with van der Waals surface area (Å²) in [6, 6.07) is 0. The Bertz CT molecular complexity index is 324. The Morgan fingerprint density at radius 1 is 1.29 bits per heavy atom. The smallest absolute Gasteiger partial charge is 0.150 e. The number of rotatable bonds is 5. The van der Waals surface area contributed by atoms with Crippen LogP contribution in [0, 0.1) is 5.92 Å². The van der Waals surface area contributed by atoms with Crippen LogP contribution < -0.4 is 5.73 Å². The summed E-state index contributed by atoms with van der Waals surface area (Å²) in [6.45, 7) is 8.99. The van der Waals surface area contributed by atoms with Crippen LogP contribution in [0.3, 0.4) is 0 Å². The molecule has 0 aliphatic carbocycles. The van der Waals surface area contributed by atoms with Crippen LogP contribution in [-0.2, 0) is 9.84 Å². The summed E-state index contributed by atoms with van der Waals surface area (Å²) >= 11 is 0. The molecule has 102 valence electrons. The molecular formula is C12H26N2O2S. The SMILES string of the molecule is CCN(CC(C)C)C1(CN)CCS(=O)(=O)CC1. The largest absolute Gasteiger partial charge is 0.329 e. The van der Waals surface area contributed by atoms with Crippen molar-refractivity contribution in [2.75, 3.05) is 31.1 Å². The molecule has 1 heterocycles. The highest BCUT2D eigenvalue weighted by atomic mass is 32.2. The second-order valence-electron chi connectivity index (χ2n) is 5.51. The van der Waals surface area contributed by atoms with Gasteiger partial charge in [-0.05, 0) is 25.3 Å². The van der Waals surface area contributed by atoms with Gasteiger partial charge in [-0.15, -0.1) is 0 Å². The van der Waals surface area contributed by atoms with E-state index in [9.17, 15) is 8.42 Å². The maximum Gasteiger partial charge on any atom is 0.150 e. The number of hydrogen-bond acceptors (Lipinski definition) is 4. The van der Waals surface area contributed by atoms with E-state index in [1.165, 1.54) is 0 Å². The molecule has 0 atom stereocenters. The van der Waals surface area contributed by atoms with Crippen LogP contribution in [0.5, 0.6) is 0 Å². The van der Waals surface area contributed by atoms with Gasteiger partial charge in [0.05, 0.1) is 11.5 Å². The number of nitrogens with two attached hydrogens (primary N) is 1. The molecule has 1 aliphatic heterocycles. The van der Waals surface area contributed by atoms with Gasteiger partial charge in [-0.1, -0.05) is 20.8 Å². The molecule has 0 radical (unpaired) electrons. The van der Waals surface area contributed by atoms with Gasteiger partial charge >= 0.3 is 0 Å². The number of sulfone groups is 1. The lowest BCUT2D eigenvalue weighted by Gasteiger charge is -2.46. The van der Waals surface area contributed by atoms with Crippen molar-refractivity contribution in [3.8, 4) is 0 Å². The van der Waals surface area contributed by atoms with Gasteiger partial charge in [-0.2, -0.15) is 0 Å². The summed E-state index contributed by atoms with van der Waals surface area (Å²) in [5.74, 6) is 1.16. The van der Waals surface area contributed by atoms with E-state index in [4.69, 9.17) is 5.73 Å². The van der Waals surface area contributed by atoms with E-state index in [0.717, 1.165) is 13.1 Å². The second kappa shape index (κ2) is 5.67. The average Bonchev–Trinajstić information content (AvgIpc) is 2.27. The Morgan fingerprint density at radius 3 is 2.18 bits per heavy atom. The van der Waals surface area contributed by atoms with E-state index >= 15 is 0 Å². The molecule has 0 amide bonds. The third-order valence-corrected chi connectivity index (χ3v) is 5.43. The van der Waals surface area contributed by atoms with E-state index in [1.807, 2.05) is 0 Å². The first-order valence-electron chi connectivity index (χ1n) is 6.51. The fourth-order valence-corrected chi connectivity index (χ4v) is 4.25. The quantitative estimate of drug-likeness (QED) is 0.798. The van der Waals surface area contributed by atoms with Gasteiger partial charge in [-0.25, -0.2) is 8.42 Å². The topological polar surface area (TPSA) is 63.4 Å². The Labute approximate surface area is 105 Å². The second-order valence-corrected chi connectivity index (χ2v) is 7.82. The summed E-state index contributed by atoms with van der Waals surface area (Å²) in [6.07, 6.45) is 1.37. The molecule has 0 aromatic carbocycles. The molecule has 0 aromatic rings. The van der Waals surface area contributed by atoms with E-state index < -0.39 is 9.84 Å². The number of likely N-dealkylation sites (N-methyl/N-ethyl adjacent to an activating group) is 1. The zero-order chi connectivity index (χ0) is 13.1. The minimum absolute atomic E-state index is 0.0929. The molecular weight excluding hydrogens is 236 g/mol. The zero-order valence-corrected chi connectivity index (χ0v) is 12.1. The van der Waals surface area contributed by atoms with Crippen molar-refractivity contribution < 1.29 is 8.42 Å². The molecule has 1 saturated heterocycles. The highest BCUT2D eigenvalue weighted by Gasteiger charge is 2.40. The molecule has 4 nitrogen and oxygen atoms in total. The number of hydrogen-bond donors (Lipinski definition) is 1. The van der Waals surface area contributed by atoms with Gasteiger partial charge in [0.2, 0.25) is 0 Å². The first kappa shape index (κ1) is 14.9. The Morgan fingerprint density at radius 2 is 1.82 bits per heavy atom. The van der Waals surface area contributed by atoms with Crippen molar-refractivity contribution in [3.05, 3.63) is 0 Å². The van der Waals surface area contributed by atoms with Crippen LogP contribution in [-0.4, -0.2) is 50.0 Å². The molecule has 0 bridgehead atoms. The highest BCUT2D eigenvalue weighted by molar-refractivity contribution is 7.91. The third-order valence-electron chi connectivity index (χ3n) is 3.77. The minimum Gasteiger partial charge on any atom is -0.329 e. The fraction of sp³-hybridized carbons (Fsp3) is 1.00. The van der Waals surface area contributed by atoms with E-state index in [-0.39, 0.29) is 5.54 Å². The van der Waals surface area contributed by atoms with Gasteiger partial charge in [0, 0.05) is 18.6 Å². The van der Waals surface area contributed by atoms with Crippen molar-refractivity contribution in [1.29, 1.82) is 0 Å². The van der Waals surface area contributed by atoms with Crippen molar-refractivity contribution in [2.24, 2.45) is 11.7 Å². The molecule has 0 spiro atoms. The van der Waals surface area contributed by atoms with Crippen LogP contribution >= 0.6 is 0 Å². The summed E-state index contributed by atoms with van der Waals surface area (Å²) in [7, 11) is -2.82. The third kappa shape index (κ3) is 3.66. The Balaban J connectivity index is 2.81. The summed E-state index contributed by atoms with van der Waals surface area (Å²) in [4.78, 5) is 2.38. The van der Waals surface area contributed by atoms with Gasteiger partial charge < -0.3 is 5.73 Å². The lowest BCUT2D eigenvalue weighted by molar-refractivity contribution is 0.0763. The van der Waals surface area contributed by atoms with Crippen molar-refractivity contribution in [1.82, 2.24) is 4.90 Å². The monoisotopic (exact) mass is 262 g/mol. The predicted octanol–water partition coefficient (Wildman–Crippen LogP) is 0.870. The summed E-state index contributed by atoms with van der Waals surface area (Å²) in [5.41, 5.74) is 5.85. The highest BCUT2D eigenvalue weighted by Crippen LogP contribution is 2.29. The fourth-order valence-electron chi connectivity index (χ4n) is 2.67. The Hall–Kier alpha value is -0.130. The van der Waals surface area contributed by atoms with E-state index in [2.05, 4.69) is 25.7 Å². The summed E-state index contributed by atoms with van der Waals surface area (Å²) < 4.78 is 23.1. The lowest BCUT2D eigenvalue weighted by Crippen LogP contribution is -2.58. The van der Waals surface area contributed by atoms with Gasteiger partial charge in [-0.3, -0.25) is 4.90 Å². The molecule has 1 rings (SSSR count). The van der Waals surface area contributed by atoms with E-state index in [1.54, 1.807) is 0 Å². The molecule has 2 N–H and O–H groups in total. The van der Waals surface area contributed by atoms with Gasteiger partial charge in [0.25, 0.3) is 0 Å². The maximum absolute atomic E-state index is 11.5. The predicted molar refractivity (Wildman–Crippen MR) is 71.8 cm³/mol. The van der Waals surface area contributed by atoms with E-state index in [0.29, 0.717) is 36.8 Å². The van der Waals surface area contributed by atoms with Gasteiger partial charge in [0.1, 0.15) is 9.84 Å². The standard InChI is InChI=1S/C12H26N2O2S/c1-4-14(9-11(2)3)12(10-13)5-7-17(15,16)8-6-12/h11H,4-10,13H2,1-3H3.